The van der Waals surface area contributed by atoms with E-state index < -0.39 is 0 Å². The Morgan fingerprint density at radius 1 is 1.06 bits per heavy atom. The van der Waals surface area contributed by atoms with Crippen LogP contribution >= 0.6 is 0 Å². The molecule has 0 amide bonds. The monoisotopic (exact) mass is 236 g/mol. The average Bonchev–Trinajstić information content (AvgIpc) is 2.78. The number of aromatic nitrogens is 1. The molecule has 0 aliphatic heterocycles. The molecule has 18 heavy (non-hydrogen) atoms. The fraction of sp³-hybridized carbons (Fsp3) is 0.125. The molecule has 90 valence electrons. The van der Waals surface area contributed by atoms with E-state index in [4.69, 9.17) is 5.73 Å². The Balaban J connectivity index is 2.25. The Kier molecular flexibility index (Phi) is 2.65. The van der Waals surface area contributed by atoms with Gasteiger partial charge >= 0.3 is 0 Å². The molecule has 0 bridgehead atoms. The molecule has 0 saturated heterocycles. The Bertz CT molecular complexity index is 678. The molecule has 0 saturated carbocycles. The Morgan fingerprint density at radius 3 is 2.56 bits per heavy atom. The van der Waals surface area contributed by atoms with Crippen LogP contribution in [0.4, 0.5) is 0 Å². The number of hydrogen-bond donors (Lipinski definition) is 1. The highest BCUT2D eigenvalue weighted by Gasteiger charge is 2.10. The summed E-state index contributed by atoms with van der Waals surface area (Å²) in [5, 5.41) is 0. The van der Waals surface area contributed by atoms with Crippen LogP contribution < -0.4 is 5.73 Å². The van der Waals surface area contributed by atoms with Crippen LogP contribution in [0.25, 0.3) is 16.6 Å². The van der Waals surface area contributed by atoms with Gasteiger partial charge in [-0.3, -0.25) is 0 Å². The molecule has 0 spiro atoms. The number of aryl methyl sites for hydroxylation is 1. The number of hydrogen-bond acceptors (Lipinski definition) is 1. The van der Waals surface area contributed by atoms with E-state index in [1.54, 1.807) is 0 Å². The van der Waals surface area contributed by atoms with Gasteiger partial charge in [-0.25, -0.2) is 0 Å². The van der Waals surface area contributed by atoms with Crippen LogP contribution in [-0.4, -0.2) is 4.40 Å². The van der Waals surface area contributed by atoms with Crippen molar-refractivity contribution in [2.45, 2.75) is 13.5 Å². The fourth-order valence-corrected chi connectivity index (χ4v) is 2.38. The van der Waals surface area contributed by atoms with Crippen molar-refractivity contribution < 1.29 is 0 Å². The molecule has 2 nitrogen and oxygen atoms in total. The van der Waals surface area contributed by atoms with Gasteiger partial charge in [0, 0.05) is 24.5 Å². The van der Waals surface area contributed by atoms with Crippen molar-refractivity contribution in [3.05, 3.63) is 66.0 Å². The zero-order valence-corrected chi connectivity index (χ0v) is 10.4. The molecule has 1 aromatic carbocycles. The summed E-state index contributed by atoms with van der Waals surface area (Å²) in [6, 6.07) is 14.8. The van der Waals surface area contributed by atoms with Crippen LogP contribution in [0.3, 0.4) is 0 Å². The van der Waals surface area contributed by atoms with Crippen molar-refractivity contribution in [3.8, 4) is 11.1 Å². The number of pyridine rings is 1. The fourth-order valence-electron chi connectivity index (χ4n) is 2.38. The van der Waals surface area contributed by atoms with Gasteiger partial charge in [-0.1, -0.05) is 35.9 Å². The molecule has 3 aromatic rings. The van der Waals surface area contributed by atoms with E-state index in [0.717, 1.165) is 0 Å². The van der Waals surface area contributed by atoms with Crippen LogP contribution in [0.15, 0.2) is 54.9 Å². The summed E-state index contributed by atoms with van der Waals surface area (Å²) >= 11 is 0. The minimum atomic E-state index is 0.559. The Hall–Kier alpha value is -2.06. The van der Waals surface area contributed by atoms with Gasteiger partial charge in [0.15, 0.2) is 0 Å². The van der Waals surface area contributed by atoms with E-state index in [-0.39, 0.29) is 0 Å². The highest BCUT2D eigenvalue weighted by Crippen LogP contribution is 2.28. The molecular formula is C16H16N2. The highest BCUT2D eigenvalue weighted by atomic mass is 14.9. The van der Waals surface area contributed by atoms with Crippen molar-refractivity contribution in [1.29, 1.82) is 0 Å². The van der Waals surface area contributed by atoms with E-state index in [9.17, 15) is 0 Å². The maximum Gasteiger partial charge on any atom is 0.0501 e. The first-order valence-corrected chi connectivity index (χ1v) is 6.15. The number of fused-ring (bicyclic) bond motifs is 1. The van der Waals surface area contributed by atoms with Crippen LogP contribution in [0.5, 0.6) is 0 Å². The molecule has 2 N–H and O–H groups in total. The second kappa shape index (κ2) is 4.31. The third-order valence-corrected chi connectivity index (χ3v) is 3.36. The van der Waals surface area contributed by atoms with Crippen molar-refractivity contribution in [2.75, 3.05) is 0 Å². The second-order valence-electron chi connectivity index (χ2n) is 4.58. The molecule has 3 rings (SSSR count). The van der Waals surface area contributed by atoms with Crippen LogP contribution in [0.2, 0.25) is 0 Å². The van der Waals surface area contributed by atoms with Crippen molar-refractivity contribution in [3.63, 3.8) is 0 Å². The third-order valence-electron chi connectivity index (χ3n) is 3.36. The number of rotatable bonds is 2. The lowest BCUT2D eigenvalue weighted by molar-refractivity contribution is 1.08. The largest absolute Gasteiger partial charge is 0.326 e. The normalized spacial score (nSPS) is 11.0. The first-order valence-electron chi connectivity index (χ1n) is 6.15. The summed E-state index contributed by atoms with van der Waals surface area (Å²) in [7, 11) is 0. The summed E-state index contributed by atoms with van der Waals surface area (Å²) in [6.07, 6.45) is 4.22. The van der Waals surface area contributed by atoms with Crippen LogP contribution in [0, 0.1) is 6.92 Å². The molecule has 2 heteroatoms. The van der Waals surface area contributed by atoms with Gasteiger partial charge in [-0.15, -0.1) is 0 Å². The third kappa shape index (κ3) is 1.71. The van der Waals surface area contributed by atoms with Gasteiger partial charge in [0.05, 0.1) is 5.52 Å². The van der Waals surface area contributed by atoms with Crippen molar-refractivity contribution in [2.24, 2.45) is 5.73 Å². The topological polar surface area (TPSA) is 30.4 Å². The summed E-state index contributed by atoms with van der Waals surface area (Å²) in [4.78, 5) is 0. The summed E-state index contributed by atoms with van der Waals surface area (Å²) in [5.74, 6) is 0. The zero-order valence-electron chi connectivity index (χ0n) is 10.4. The highest BCUT2D eigenvalue weighted by molar-refractivity contribution is 5.76. The van der Waals surface area contributed by atoms with Crippen molar-refractivity contribution in [1.82, 2.24) is 4.40 Å². The molecule has 2 aromatic heterocycles. The lowest BCUT2D eigenvalue weighted by Gasteiger charge is -2.02. The van der Waals surface area contributed by atoms with E-state index in [2.05, 4.69) is 54.0 Å². The molecule has 0 aliphatic rings. The summed E-state index contributed by atoms with van der Waals surface area (Å²) in [5.41, 5.74) is 12.0. The Morgan fingerprint density at radius 2 is 1.83 bits per heavy atom. The smallest absolute Gasteiger partial charge is 0.0501 e. The zero-order chi connectivity index (χ0) is 12.5. The van der Waals surface area contributed by atoms with Gasteiger partial charge in [0.2, 0.25) is 0 Å². The lowest BCUT2D eigenvalue weighted by atomic mass is 10.0. The van der Waals surface area contributed by atoms with Gasteiger partial charge in [-0.2, -0.15) is 0 Å². The minimum absolute atomic E-state index is 0.559. The van der Waals surface area contributed by atoms with Crippen molar-refractivity contribution >= 4 is 5.52 Å². The molecule has 0 unspecified atom stereocenters. The first kappa shape index (κ1) is 11.1. The number of nitrogens with zero attached hydrogens (tertiary/aromatic N) is 1. The Labute approximate surface area is 107 Å². The maximum atomic E-state index is 5.92. The molecule has 0 atom stereocenters. The number of nitrogens with two attached hydrogens (primary N) is 1. The average molecular weight is 236 g/mol. The molecule has 0 radical (unpaired) electrons. The molecule has 2 heterocycles. The standard InChI is InChI=1S/C16H16N2/c1-12-5-7-13(8-6-12)15-11-18-9-3-2-4-16(18)14(15)10-17/h2-9,11H,10,17H2,1H3. The van der Waals surface area contributed by atoms with Gasteiger partial charge in [0.25, 0.3) is 0 Å². The van der Waals surface area contributed by atoms with Crippen LogP contribution in [-0.2, 0) is 6.54 Å². The van der Waals surface area contributed by atoms with E-state index in [1.807, 2.05) is 12.1 Å². The van der Waals surface area contributed by atoms with Gasteiger partial charge in [-0.05, 0) is 30.2 Å². The first-order chi connectivity index (χ1) is 8.79. The summed E-state index contributed by atoms with van der Waals surface area (Å²) < 4.78 is 2.14. The molecular weight excluding hydrogens is 220 g/mol. The van der Waals surface area contributed by atoms with E-state index in [1.165, 1.54) is 27.8 Å². The minimum Gasteiger partial charge on any atom is -0.326 e. The predicted molar refractivity (Wildman–Crippen MR) is 75.5 cm³/mol. The van der Waals surface area contributed by atoms with Gasteiger partial charge < -0.3 is 10.1 Å². The predicted octanol–water partition coefficient (Wildman–Crippen LogP) is 3.37. The molecule has 0 aliphatic carbocycles. The summed E-state index contributed by atoms with van der Waals surface area (Å²) in [6.45, 7) is 2.66. The number of benzene rings is 1. The van der Waals surface area contributed by atoms with Crippen LogP contribution in [0.1, 0.15) is 11.1 Å². The lowest BCUT2D eigenvalue weighted by Crippen LogP contribution is -1.97. The van der Waals surface area contributed by atoms with E-state index >= 15 is 0 Å². The van der Waals surface area contributed by atoms with Gasteiger partial charge in [0.1, 0.15) is 0 Å². The molecule has 0 fully saturated rings. The van der Waals surface area contributed by atoms with E-state index in [0.29, 0.717) is 6.54 Å². The SMILES string of the molecule is Cc1ccc(-c2cn3ccccc3c2CN)cc1. The quantitative estimate of drug-likeness (QED) is 0.726. The maximum absolute atomic E-state index is 5.92. The second-order valence-corrected chi connectivity index (χ2v) is 4.58.